The summed E-state index contributed by atoms with van der Waals surface area (Å²) in [5.41, 5.74) is 6.24. The molecular formula is C13H11NO3S. The minimum Gasteiger partial charge on any atom is -0.486 e. The molecule has 0 unspecified atom stereocenters. The predicted molar refractivity (Wildman–Crippen MR) is 69.3 cm³/mol. The zero-order chi connectivity index (χ0) is 12.5. The van der Waals surface area contributed by atoms with Crippen molar-refractivity contribution in [2.75, 3.05) is 13.2 Å². The molecule has 1 aromatic heterocycles. The van der Waals surface area contributed by atoms with E-state index < -0.39 is 5.91 Å². The van der Waals surface area contributed by atoms with Gasteiger partial charge in [0.2, 0.25) is 0 Å². The number of fused-ring (bicyclic) bond motifs is 1. The molecule has 0 aliphatic carbocycles. The van der Waals surface area contributed by atoms with Gasteiger partial charge in [-0.2, -0.15) is 0 Å². The average molecular weight is 261 g/mol. The SMILES string of the molecule is NC(=O)c1ccc(-c2ccc3c(c2)OCCO3)s1. The van der Waals surface area contributed by atoms with Crippen molar-refractivity contribution in [3.05, 3.63) is 35.2 Å². The van der Waals surface area contributed by atoms with Crippen LogP contribution in [0.4, 0.5) is 0 Å². The standard InChI is InChI=1S/C13H11NO3S/c14-13(15)12-4-3-11(18-12)8-1-2-9-10(7-8)17-6-5-16-9/h1-4,7H,5-6H2,(H2,14,15). The second-order valence-electron chi connectivity index (χ2n) is 3.89. The van der Waals surface area contributed by atoms with Gasteiger partial charge in [0, 0.05) is 4.88 Å². The Hall–Kier alpha value is -2.01. The summed E-state index contributed by atoms with van der Waals surface area (Å²) in [7, 11) is 0. The minimum absolute atomic E-state index is 0.399. The number of benzene rings is 1. The van der Waals surface area contributed by atoms with Crippen LogP contribution in [0.15, 0.2) is 30.3 Å². The largest absolute Gasteiger partial charge is 0.486 e. The van der Waals surface area contributed by atoms with Crippen molar-refractivity contribution >= 4 is 17.2 Å². The molecule has 0 atom stereocenters. The fraction of sp³-hybridized carbons (Fsp3) is 0.154. The zero-order valence-corrected chi connectivity index (χ0v) is 10.3. The van der Waals surface area contributed by atoms with Crippen molar-refractivity contribution in [2.24, 2.45) is 5.73 Å². The normalized spacial score (nSPS) is 13.3. The van der Waals surface area contributed by atoms with E-state index in [1.54, 1.807) is 6.07 Å². The van der Waals surface area contributed by atoms with Crippen LogP contribution in [0.5, 0.6) is 11.5 Å². The van der Waals surface area contributed by atoms with Crippen LogP contribution in [-0.2, 0) is 0 Å². The monoisotopic (exact) mass is 261 g/mol. The summed E-state index contributed by atoms with van der Waals surface area (Å²) < 4.78 is 11.0. The fourth-order valence-corrected chi connectivity index (χ4v) is 2.68. The number of rotatable bonds is 2. The van der Waals surface area contributed by atoms with Crippen LogP contribution < -0.4 is 15.2 Å². The molecule has 0 radical (unpaired) electrons. The van der Waals surface area contributed by atoms with Gasteiger partial charge < -0.3 is 15.2 Å². The summed E-state index contributed by atoms with van der Waals surface area (Å²) >= 11 is 1.37. The van der Waals surface area contributed by atoms with Crippen LogP contribution in [-0.4, -0.2) is 19.1 Å². The van der Waals surface area contributed by atoms with Gasteiger partial charge in [0.1, 0.15) is 13.2 Å². The van der Waals surface area contributed by atoms with Crippen molar-refractivity contribution in [3.8, 4) is 21.9 Å². The summed E-state index contributed by atoms with van der Waals surface area (Å²) in [6.45, 7) is 1.14. The third kappa shape index (κ3) is 1.93. The summed E-state index contributed by atoms with van der Waals surface area (Å²) in [6, 6.07) is 9.37. The van der Waals surface area contributed by atoms with Crippen molar-refractivity contribution in [1.29, 1.82) is 0 Å². The lowest BCUT2D eigenvalue weighted by atomic mass is 10.1. The van der Waals surface area contributed by atoms with E-state index in [9.17, 15) is 4.79 Å². The maximum absolute atomic E-state index is 11.1. The van der Waals surface area contributed by atoms with Crippen LogP contribution in [0, 0.1) is 0 Å². The molecule has 2 N–H and O–H groups in total. The van der Waals surface area contributed by atoms with Gasteiger partial charge in [-0.25, -0.2) is 0 Å². The molecule has 92 valence electrons. The number of ether oxygens (including phenoxy) is 2. The van der Waals surface area contributed by atoms with Crippen LogP contribution in [0.3, 0.4) is 0 Å². The Morgan fingerprint density at radius 3 is 2.61 bits per heavy atom. The topological polar surface area (TPSA) is 61.6 Å². The number of thiophene rings is 1. The Labute approximate surface area is 108 Å². The maximum Gasteiger partial charge on any atom is 0.258 e. The van der Waals surface area contributed by atoms with E-state index in [1.165, 1.54) is 11.3 Å². The quantitative estimate of drug-likeness (QED) is 0.902. The highest BCUT2D eigenvalue weighted by Gasteiger charge is 2.13. The third-order valence-corrected chi connectivity index (χ3v) is 3.82. The average Bonchev–Trinajstić information content (AvgIpc) is 2.88. The molecule has 1 amide bonds. The highest BCUT2D eigenvalue weighted by Crippen LogP contribution is 2.36. The van der Waals surface area contributed by atoms with Crippen LogP contribution in [0.25, 0.3) is 10.4 Å². The van der Waals surface area contributed by atoms with E-state index in [-0.39, 0.29) is 0 Å². The molecule has 0 fully saturated rings. The van der Waals surface area contributed by atoms with Crippen molar-refractivity contribution in [3.63, 3.8) is 0 Å². The molecule has 1 aliphatic rings. The first-order chi connectivity index (χ1) is 8.74. The van der Waals surface area contributed by atoms with Gasteiger partial charge in [-0.1, -0.05) is 0 Å². The lowest BCUT2D eigenvalue weighted by Gasteiger charge is -2.18. The van der Waals surface area contributed by atoms with E-state index in [0.717, 1.165) is 21.9 Å². The number of carbonyl (C=O) groups is 1. The van der Waals surface area contributed by atoms with Gasteiger partial charge in [0.25, 0.3) is 5.91 Å². The fourth-order valence-electron chi connectivity index (χ4n) is 1.82. The van der Waals surface area contributed by atoms with E-state index in [1.807, 2.05) is 24.3 Å². The number of primary amides is 1. The van der Waals surface area contributed by atoms with Crippen LogP contribution in [0.2, 0.25) is 0 Å². The Kier molecular flexibility index (Phi) is 2.68. The molecule has 0 spiro atoms. The number of hydrogen-bond donors (Lipinski definition) is 1. The number of amides is 1. The Bertz CT molecular complexity index is 606. The summed E-state index contributed by atoms with van der Waals surface area (Å²) in [5, 5.41) is 0. The molecule has 0 bridgehead atoms. The second kappa shape index (κ2) is 4.34. The first kappa shape index (κ1) is 11.1. The third-order valence-electron chi connectivity index (χ3n) is 2.68. The second-order valence-corrected chi connectivity index (χ2v) is 4.97. The molecule has 0 saturated carbocycles. The smallest absolute Gasteiger partial charge is 0.258 e. The molecule has 1 aliphatic heterocycles. The number of nitrogens with two attached hydrogens (primary N) is 1. The number of carbonyl (C=O) groups excluding carboxylic acids is 1. The highest BCUT2D eigenvalue weighted by atomic mass is 32.1. The van der Waals surface area contributed by atoms with Gasteiger partial charge in [-0.05, 0) is 35.9 Å². The molecule has 18 heavy (non-hydrogen) atoms. The first-order valence-electron chi connectivity index (χ1n) is 5.54. The lowest BCUT2D eigenvalue weighted by molar-refractivity contribution is 0.100. The first-order valence-corrected chi connectivity index (χ1v) is 6.35. The molecule has 5 heteroatoms. The molecule has 4 nitrogen and oxygen atoms in total. The van der Waals surface area contributed by atoms with Crippen molar-refractivity contribution in [2.45, 2.75) is 0 Å². The van der Waals surface area contributed by atoms with E-state index in [4.69, 9.17) is 15.2 Å². The molecule has 3 rings (SSSR count). The molecule has 2 heterocycles. The van der Waals surface area contributed by atoms with Gasteiger partial charge in [-0.15, -0.1) is 11.3 Å². The van der Waals surface area contributed by atoms with Gasteiger partial charge in [0.15, 0.2) is 11.5 Å². The molecule has 1 aromatic carbocycles. The zero-order valence-electron chi connectivity index (χ0n) is 9.51. The van der Waals surface area contributed by atoms with Gasteiger partial charge in [0.05, 0.1) is 4.88 Å². The highest BCUT2D eigenvalue weighted by molar-refractivity contribution is 7.17. The summed E-state index contributed by atoms with van der Waals surface area (Å²) in [6.07, 6.45) is 0. The lowest BCUT2D eigenvalue weighted by Crippen LogP contribution is -2.15. The predicted octanol–water partition coefficient (Wildman–Crippen LogP) is 2.29. The van der Waals surface area contributed by atoms with Crippen molar-refractivity contribution in [1.82, 2.24) is 0 Å². The maximum atomic E-state index is 11.1. The number of hydrogen-bond acceptors (Lipinski definition) is 4. The van der Waals surface area contributed by atoms with E-state index in [2.05, 4.69) is 0 Å². The van der Waals surface area contributed by atoms with E-state index >= 15 is 0 Å². The Balaban J connectivity index is 1.98. The van der Waals surface area contributed by atoms with Crippen LogP contribution in [0.1, 0.15) is 9.67 Å². The Morgan fingerprint density at radius 2 is 1.89 bits per heavy atom. The minimum atomic E-state index is -0.399. The molecule has 2 aromatic rings. The van der Waals surface area contributed by atoms with Crippen molar-refractivity contribution < 1.29 is 14.3 Å². The van der Waals surface area contributed by atoms with Crippen LogP contribution >= 0.6 is 11.3 Å². The molecular weight excluding hydrogens is 250 g/mol. The van der Waals surface area contributed by atoms with Gasteiger partial charge >= 0.3 is 0 Å². The Morgan fingerprint density at radius 1 is 1.11 bits per heavy atom. The van der Waals surface area contributed by atoms with Gasteiger partial charge in [-0.3, -0.25) is 4.79 Å². The van der Waals surface area contributed by atoms with E-state index in [0.29, 0.717) is 18.1 Å². The molecule has 0 saturated heterocycles. The summed E-state index contributed by atoms with van der Waals surface area (Å²) in [4.78, 5) is 12.6. The summed E-state index contributed by atoms with van der Waals surface area (Å²) in [5.74, 6) is 1.10.